The van der Waals surface area contributed by atoms with E-state index >= 15 is 0 Å². The second-order valence-corrected chi connectivity index (χ2v) is 8.67. The Kier molecular flexibility index (Phi) is 7.51. The summed E-state index contributed by atoms with van der Waals surface area (Å²) < 4.78 is 55.6. The van der Waals surface area contributed by atoms with Crippen LogP contribution in [0, 0.1) is 11.7 Å². The molecule has 2 nitrogen and oxygen atoms in total. The Hall–Kier alpha value is -2.63. The third-order valence-electron chi connectivity index (χ3n) is 6.00. The summed E-state index contributed by atoms with van der Waals surface area (Å²) in [6, 6.07) is 11.8. The van der Waals surface area contributed by atoms with Crippen LogP contribution < -0.4 is 0 Å². The highest BCUT2D eigenvalue weighted by molar-refractivity contribution is 5.75. The first-order valence-electron chi connectivity index (χ1n) is 11.4. The minimum Gasteiger partial charge on any atom is -0.348 e. The molecule has 0 spiro atoms. The maximum absolute atomic E-state index is 14.9. The predicted octanol–water partition coefficient (Wildman–Crippen LogP) is 7.53. The molecule has 1 fully saturated rings. The number of rotatable bonds is 6. The molecule has 2 unspecified atom stereocenters. The van der Waals surface area contributed by atoms with Gasteiger partial charge in [-0.05, 0) is 41.2 Å². The molecule has 2 aliphatic rings. The Morgan fingerprint density at radius 2 is 1.61 bits per heavy atom. The first kappa shape index (κ1) is 23.5. The number of allylic oxidation sites excluding steroid dienone is 6. The van der Waals surface area contributed by atoms with Gasteiger partial charge in [0, 0.05) is 17.0 Å². The maximum atomic E-state index is 14.9. The Balaban J connectivity index is 1.51. The van der Waals surface area contributed by atoms with Gasteiger partial charge in [-0.1, -0.05) is 74.5 Å². The van der Waals surface area contributed by atoms with E-state index in [0.29, 0.717) is 59.0 Å². The summed E-state index contributed by atoms with van der Waals surface area (Å²) in [5, 5.41) is 0. The molecule has 0 aromatic heterocycles. The van der Waals surface area contributed by atoms with E-state index in [4.69, 9.17) is 9.47 Å². The van der Waals surface area contributed by atoms with E-state index < -0.39 is 18.6 Å². The van der Waals surface area contributed by atoms with Crippen molar-refractivity contribution in [3.8, 4) is 11.1 Å². The molecule has 0 amide bonds. The van der Waals surface area contributed by atoms with Gasteiger partial charge in [0.15, 0.2) is 18.6 Å². The van der Waals surface area contributed by atoms with Gasteiger partial charge in [-0.2, -0.15) is 0 Å². The lowest BCUT2D eigenvalue weighted by Crippen LogP contribution is -2.25. The zero-order valence-corrected chi connectivity index (χ0v) is 18.9. The van der Waals surface area contributed by atoms with Gasteiger partial charge < -0.3 is 9.47 Å². The molecule has 2 atom stereocenters. The molecule has 5 heteroatoms. The fraction of sp³-hybridized carbons (Fsp3) is 0.357. The average molecular weight is 455 g/mol. The summed E-state index contributed by atoms with van der Waals surface area (Å²) in [4.78, 5) is 0. The number of alkyl halides is 2. The molecular weight excluding hydrogens is 425 g/mol. The van der Waals surface area contributed by atoms with Crippen molar-refractivity contribution in [3.63, 3.8) is 0 Å². The van der Waals surface area contributed by atoms with Crippen molar-refractivity contribution >= 4 is 5.57 Å². The summed E-state index contributed by atoms with van der Waals surface area (Å²) in [5.74, 6) is -0.0671. The molecule has 0 radical (unpaired) electrons. The van der Waals surface area contributed by atoms with Crippen LogP contribution in [0.15, 0.2) is 72.3 Å². The first-order chi connectivity index (χ1) is 16.0. The van der Waals surface area contributed by atoms with Crippen LogP contribution >= 0.6 is 0 Å². The van der Waals surface area contributed by atoms with Crippen LogP contribution in [0.1, 0.15) is 44.1 Å². The average Bonchev–Trinajstić information content (AvgIpc) is 2.83. The van der Waals surface area contributed by atoms with Gasteiger partial charge in [0.05, 0.1) is 13.2 Å². The number of ether oxygens (including phenoxy) is 2. The molecule has 0 saturated carbocycles. The highest BCUT2D eigenvalue weighted by atomic mass is 19.2. The third kappa shape index (κ3) is 5.31. The lowest BCUT2D eigenvalue weighted by Gasteiger charge is -2.27. The van der Waals surface area contributed by atoms with Crippen LogP contribution in [-0.4, -0.2) is 25.6 Å². The highest BCUT2D eigenvalue weighted by Crippen LogP contribution is 2.35. The van der Waals surface area contributed by atoms with E-state index in [1.807, 2.05) is 26.0 Å². The Morgan fingerprint density at radius 3 is 2.27 bits per heavy atom. The van der Waals surface area contributed by atoms with E-state index in [9.17, 15) is 13.2 Å². The molecule has 1 aliphatic carbocycles. The number of hydrogen-bond donors (Lipinski definition) is 0. The van der Waals surface area contributed by atoms with E-state index in [1.165, 1.54) is 6.07 Å². The van der Waals surface area contributed by atoms with E-state index in [1.54, 1.807) is 48.6 Å². The zero-order valence-electron chi connectivity index (χ0n) is 18.9. The predicted molar refractivity (Wildman–Crippen MR) is 126 cm³/mol. The smallest absolute Gasteiger partial charge is 0.183 e. The molecule has 174 valence electrons. The fourth-order valence-corrected chi connectivity index (χ4v) is 4.09. The monoisotopic (exact) mass is 454 g/mol. The van der Waals surface area contributed by atoms with Gasteiger partial charge >= 0.3 is 0 Å². The normalized spacial score (nSPS) is 25.7. The van der Waals surface area contributed by atoms with Crippen molar-refractivity contribution in [1.29, 1.82) is 0 Å². The Morgan fingerprint density at radius 1 is 0.909 bits per heavy atom. The van der Waals surface area contributed by atoms with Gasteiger partial charge in [-0.15, -0.1) is 0 Å². The van der Waals surface area contributed by atoms with Crippen LogP contribution in [0.4, 0.5) is 13.2 Å². The molecular formula is C28H29F3O2. The van der Waals surface area contributed by atoms with Crippen molar-refractivity contribution in [2.45, 2.75) is 45.3 Å². The van der Waals surface area contributed by atoms with Crippen molar-refractivity contribution in [2.24, 2.45) is 5.92 Å². The van der Waals surface area contributed by atoms with Crippen molar-refractivity contribution in [1.82, 2.24) is 0 Å². The topological polar surface area (TPSA) is 18.5 Å². The highest BCUT2D eigenvalue weighted by Gasteiger charge is 2.30. The fourth-order valence-electron chi connectivity index (χ4n) is 4.09. The SMILES string of the molecule is CC/C=C\CC1=CC=C(c2ccc(-c3ccc(C4OCC(C)CO4)cc3F)cc2)C(F)C1F. The molecule has 1 aliphatic heterocycles. The molecule has 1 heterocycles. The molecule has 33 heavy (non-hydrogen) atoms. The third-order valence-corrected chi connectivity index (χ3v) is 6.00. The summed E-state index contributed by atoms with van der Waals surface area (Å²) in [6.07, 6.45) is 4.44. The number of benzene rings is 2. The van der Waals surface area contributed by atoms with Crippen molar-refractivity contribution in [3.05, 3.63) is 89.3 Å². The van der Waals surface area contributed by atoms with Crippen molar-refractivity contribution in [2.75, 3.05) is 13.2 Å². The minimum atomic E-state index is -1.72. The summed E-state index contributed by atoms with van der Waals surface area (Å²) in [6.45, 7) is 5.18. The molecule has 2 aromatic rings. The standard InChI is InChI=1S/C28H29F3O2/c1-3-4-5-6-21-11-14-24(27(31)26(21)30)20-9-7-19(8-10-20)23-13-12-22(15-25(23)29)28-32-16-18(2)17-33-28/h4-5,7-15,18,26-28H,3,6,16-17H2,1-2H3/b5-4-. The van der Waals surface area contributed by atoms with Gasteiger partial charge in [0.25, 0.3) is 0 Å². The van der Waals surface area contributed by atoms with Crippen molar-refractivity contribution < 1.29 is 22.6 Å². The van der Waals surface area contributed by atoms with Gasteiger partial charge in [0.1, 0.15) is 5.82 Å². The number of halogens is 3. The van der Waals surface area contributed by atoms with Gasteiger partial charge in [-0.25, -0.2) is 13.2 Å². The largest absolute Gasteiger partial charge is 0.348 e. The lowest BCUT2D eigenvalue weighted by atomic mass is 9.88. The molecule has 2 aromatic carbocycles. The Labute approximate surface area is 193 Å². The molecule has 4 rings (SSSR count). The summed E-state index contributed by atoms with van der Waals surface area (Å²) >= 11 is 0. The van der Waals surface area contributed by atoms with Crippen LogP contribution in [0.5, 0.6) is 0 Å². The van der Waals surface area contributed by atoms with E-state index in [0.717, 1.165) is 6.42 Å². The maximum Gasteiger partial charge on any atom is 0.183 e. The second kappa shape index (κ2) is 10.5. The second-order valence-electron chi connectivity index (χ2n) is 8.67. The first-order valence-corrected chi connectivity index (χ1v) is 11.4. The summed E-state index contributed by atoms with van der Waals surface area (Å²) in [5.41, 5.74) is 3.05. The quantitative estimate of drug-likeness (QED) is 0.420. The van der Waals surface area contributed by atoms with Crippen LogP contribution in [0.2, 0.25) is 0 Å². The molecule has 0 bridgehead atoms. The van der Waals surface area contributed by atoms with E-state index in [2.05, 4.69) is 0 Å². The Bertz CT molecular complexity index is 1050. The van der Waals surface area contributed by atoms with Gasteiger partial charge in [0.2, 0.25) is 0 Å². The van der Waals surface area contributed by atoms with Crippen LogP contribution in [-0.2, 0) is 9.47 Å². The number of hydrogen-bond acceptors (Lipinski definition) is 2. The minimum absolute atomic E-state index is 0.300. The van der Waals surface area contributed by atoms with Crippen LogP contribution in [0.25, 0.3) is 16.7 Å². The summed E-state index contributed by atoms with van der Waals surface area (Å²) in [7, 11) is 0. The molecule has 1 saturated heterocycles. The molecule has 0 N–H and O–H groups in total. The lowest BCUT2D eigenvalue weighted by molar-refractivity contribution is -0.202. The van der Waals surface area contributed by atoms with E-state index in [-0.39, 0.29) is 5.82 Å². The van der Waals surface area contributed by atoms with Gasteiger partial charge in [-0.3, -0.25) is 0 Å². The van der Waals surface area contributed by atoms with Crippen LogP contribution in [0.3, 0.4) is 0 Å². The zero-order chi connectivity index (χ0) is 23.4.